The predicted molar refractivity (Wildman–Crippen MR) is 130 cm³/mol. The maximum absolute atomic E-state index is 13.2. The first-order valence-corrected chi connectivity index (χ1v) is 11.1. The Morgan fingerprint density at radius 2 is 1.94 bits per heavy atom. The third-order valence-corrected chi connectivity index (χ3v) is 5.59. The largest absolute Gasteiger partial charge is 0.389 e. The molecule has 0 saturated heterocycles. The molecule has 0 spiro atoms. The van der Waals surface area contributed by atoms with Gasteiger partial charge in [0.1, 0.15) is 0 Å². The summed E-state index contributed by atoms with van der Waals surface area (Å²) in [5.74, 6) is 0.0615. The third kappa shape index (κ3) is 4.77. The predicted octanol–water partition coefficient (Wildman–Crippen LogP) is 3.06. The maximum Gasteiger partial charge on any atom is 0.259 e. The van der Waals surface area contributed by atoms with Gasteiger partial charge in [0, 0.05) is 23.5 Å². The lowest BCUT2D eigenvalue weighted by atomic mass is 10.1. The number of nitrogens with zero attached hydrogens (tertiary/aromatic N) is 8. The molecular weight excluding hydrogens is 470 g/mol. The average molecular weight is 492 g/mol. The lowest BCUT2D eigenvalue weighted by Crippen LogP contribution is -2.26. The van der Waals surface area contributed by atoms with Crippen LogP contribution in [0.4, 0.5) is 5.69 Å². The molecule has 12 heteroatoms. The smallest absolute Gasteiger partial charge is 0.259 e. The quantitative estimate of drug-likeness (QED) is 0.373. The van der Waals surface area contributed by atoms with E-state index < -0.39 is 5.60 Å². The Bertz CT molecular complexity index is 1540. The van der Waals surface area contributed by atoms with Crippen molar-refractivity contribution in [1.29, 1.82) is 0 Å². The van der Waals surface area contributed by atoms with Crippen LogP contribution >= 0.6 is 11.6 Å². The molecule has 1 amide bonds. The molecule has 178 valence electrons. The van der Waals surface area contributed by atoms with E-state index in [0.717, 1.165) is 11.1 Å². The number of aromatic nitrogens is 8. The summed E-state index contributed by atoms with van der Waals surface area (Å²) in [5, 5.41) is 33.9. The maximum atomic E-state index is 13.2. The molecule has 4 heterocycles. The van der Waals surface area contributed by atoms with Crippen molar-refractivity contribution in [2.75, 3.05) is 5.32 Å². The summed E-state index contributed by atoms with van der Waals surface area (Å²) < 4.78 is 3.31. The molecule has 0 radical (unpaired) electrons. The molecule has 35 heavy (non-hydrogen) atoms. The van der Waals surface area contributed by atoms with Gasteiger partial charge in [0.15, 0.2) is 0 Å². The van der Waals surface area contributed by atoms with E-state index in [-0.39, 0.29) is 5.91 Å². The minimum Gasteiger partial charge on any atom is -0.389 e. The molecule has 0 saturated carbocycles. The van der Waals surface area contributed by atoms with E-state index in [0.29, 0.717) is 39.7 Å². The van der Waals surface area contributed by atoms with Gasteiger partial charge < -0.3 is 10.4 Å². The molecule has 0 aliphatic carbocycles. The van der Waals surface area contributed by atoms with Crippen LogP contribution in [0.15, 0.2) is 55.1 Å². The highest BCUT2D eigenvalue weighted by Gasteiger charge is 2.18. The third-order valence-electron chi connectivity index (χ3n) is 5.26. The zero-order valence-corrected chi connectivity index (χ0v) is 20.0. The van der Waals surface area contributed by atoms with Gasteiger partial charge >= 0.3 is 0 Å². The highest BCUT2D eigenvalue weighted by atomic mass is 35.5. The van der Waals surface area contributed by atoms with Crippen molar-refractivity contribution in [1.82, 2.24) is 39.6 Å². The normalized spacial score (nSPS) is 11.8. The molecule has 1 aromatic carbocycles. The van der Waals surface area contributed by atoms with E-state index >= 15 is 0 Å². The molecule has 0 unspecified atom stereocenters. The van der Waals surface area contributed by atoms with Crippen molar-refractivity contribution in [2.24, 2.45) is 7.05 Å². The fraction of sp³-hybridized carbons (Fsp3) is 0.217. The van der Waals surface area contributed by atoms with E-state index in [1.54, 1.807) is 60.7 Å². The number of amides is 1. The highest BCUT2D eigenvalue weighted by Crippen LogP contribution is 2.28. The van der Waals surface area contributed by atoms with E-state index in [9.17, 15) is 9.90 Å². The van der Waals surface area contributed by atoms with Gasteiger partial charge in [-0.3, -0.25) is 9.48 Å². The van der Waals surface area contributed by atoms with Crippen LogP contribution in [0.2, 0.25) is 5.02 Å². The fourth-order valence-corrected chi connectivity index (χ4v) is 3.84. The number of tetrazole rings is 1. The molecule has 0 aliphatic heterocycles. The average Bonchev–Trinajstić information content (AvgIpc) is 3.53. The number of anilines is 1. The van der Waals surface area contributed by atoms with Crippen LogP contribution in [-0.4, -0.2) is 56.2 Å². The molecule has 0 bridgehead atoms. The molecule has 4 aromatic heterocycles. The first-order valence-electron chi connectivity index (χ1n) is 10.7. The van der Waals surface area contributed by atoms with E-state index in [2.05, 4.69) is 30.9 Å². The second-order valence-corrected chi connectivity index (χ2v) is 9.20. The van der Waals surface area contributed by atoms with Gasteiger partial charge in [0.25, 0.3) is 5.91 Å². The van der Waals surface area contributed by atoms with Crippen molar-refractivity contribution in [3.63, 3.8) is 0 Å². The van der Waals surface area contributed by atoms with Crippen molar-refractivity contribution in [3.8, 4) is 22.5 Å². The van der Waals surface area contributed by atoms with Crippen LogP contribution in [0.3, 0.4) is 0 Å². The number of hydrogen-bond donors (Lipinski definition) is 2. The number of pyridine rings is 1. The van der Waals surface area contributed by atoms with E-state index in [1.165, 1.54) is 11.0 Å². The Balaban J connectivity index is 1.43. The van der Waals surface area contributed by atoms with Crippen LogP contribution in [0, 0.1) is 0 Å². The standard InChI is InChI=1S/C23H22ClN9O2/c1-23(2,35)13-32-12-16(10-25-32)14-6-7-33-20(9-14)17(11-26-33)22(34)27-19-8-15(4-5-18(19)24)21-28-30-31(3)29-21/h4-12,35H,13H2,1-3H3,(H,27,34). The van der Waals surface area contributed by atoms with Gasteiger partial charge in [-0.05, 0) is 55.0 Å². The number of aryl methyl sites for hydroxylation is 1. The summed E-state index contributed by atoms with van der Waals surface area (Å²) in [6, 6.07) is 8.89. The van der Waals surface area contributed by atoms with Gasteiger partial charge in [0.2, 0.25) is 5.82 Å². The Kier molecular flexibility index (Phi) is 5.58. The van der Waals surface area contributed by atoms with Crippen LogP contribution in [0.25, 0.3) is 28.0 Å². The molecule has 0 aliphatic rings. The second-order valence-electron chi connectivity index (χ2n) is 8.79. The van der Waals surface area contributed by atoms with E-state index in [4.69, 9.17) is 11.6 Å². The lowest BCUT2D eigenvalue weighted by Gasteiger charge is -2.16. The molecule has 0 atom stereocenters. The minimum atomic E-state index is -0.883. The molecule has 0 fully saturated rings. The molecular formula is C23H22ClN9O2. The number of fused-ring (bicyclic) bond motifs is 1. The van der Waals surface area contributed by atoms with Crippen molar-refractivity contribution in [3.05, 3.63) is 65.7 Å². The first kappa shape index (κ1) is 22.7. The lowest BCUT2D eigenvalue weighted by molar-refractivity contribution is 0.0577. The Morgan fingerprint density at radius 3 is 2.69 bits per heavy atom. The van der Waals surface area contributed by atoms with Crippen LogP contribution < -0.4 is 5.32 Å². The van der Waals surface area contributed by atoms with Crippen LogP contribution in [-0.2, 0) is 13.6 Å². The number of hydrogen-bond acceptors (Lipinski definition) is 7. The van der Waals surface area contributed by atoms with Crippen molar-refractivity contribution < 1.29 is 9.90 Å². The number of rotatable bonds is 6. The summed E-state index contributed by atoms with van der Waals surface area (Å²) in [5.41, 5.74) is 2.94. The summed E-state index contributed by atoms with van der Waals surface area (Å²) in [7, 11) is 1.67. The van der Waals surface area contributed by atoms with Gasteiger partial charge in [0.05, 0.1) is 53.4 Å². The monoisotopic (exact) mass is 491 g/mol. The topological polar surface area (TPSA) is 128 Å². The number of aliphatic hydroxyl groups is 1. The zero-order valence-electron chi connectivity index (χ0n) is 19.2. The molecule has 11 nitrogen and oxygen atoms in total. The highest BCUT2D eigenvalue weighted by molar-refractivity contribution is 6.34. The summed E-state index contributed by atoms with van der Waals surface area (Å²) in [4.78, 5) is 14.5. The number of halogens is 1. The van der Waals surface area contributed by atoms with Gasteiger partial charge in [-0.2, -0.15) is 15.0 Å². The molecule has 2 N–H and O–H groups in total. The van der Waals surface area contributed by atoms with Crippen molar-refractivity contribution in [2.45, 2.75) is 26.0 Å². The minimum absolute atomic E-state index is 0.360. The molecule has 5 aromatic rings. The summed E-state index contributed by atoms with van der Waals surface area (Å²) in [6.07, 6.45) is 6.86. The Labute approximate surface area is 204 Å². The van der Waals surface area contributed by atoms with Crippen LogP contribution in [0.5, 0.6) is 0 Å². The number of carbonyl (C=O) groups is 1. The Morgan fingerprint density at radius 1 is 1.11 bits per heavy atom. The number of carbonyl (C=O) groups excluding carboxylic acids is 1. The van der Waals surface area contributed by atoms with E-state index in [1.807, 2.05) is 18.3 Å². The Hall–Kier alpha value is -4.09. The molecule has 5 rings (SSSR count). The number of nitrogens with one attached hydrogen (secondary N) is 1. The summed E-state index contributed by atoms with van der Waals surface area (Å²) in [6.45, 7) is 3.81. The van der Waals surface area contributed by atoms with Gasteiger partial charge in [-0.25, -0.2) is 4.52 Å². The van der Waals surface area contributed by atoms with Crippen molar-refractivity contribution >= 4 is 28.7 Å². The first-order chi connectivity index (χ1) is 16.7. The van der Waals surface area contributed by atoms with Crippen LogP contribution in [0.1, 0.15) is 24.2 Å². The SMILES string of the molecule is Cn1nnc(-c2ccc(Cl)c(NC(=O)c3cnn4ccc(-c5cnn(CC(C)(C)O)c5)cc34)c2)n1. The van der Waals surface area contributed by atoms with Gasteiger partial charge in [-0.15, -0.1) is 10.2 Å². The second kappa shape index (κ2) is 8.60. The fourth-order valence-electron chi connectivity index (χ4n) is 3.68. The zero-order chi connectivity index (χ0) is 24.7. The van der Waals surface area contributed by atoms with Gasteiger partial charge in [-0.1, -0.05) is 11.6 Å². The number of benzene rings is 1. The summed E-state index contributed by atoms with van der Waals surface area (Å²) >= 11 is 6.34.